The van der Waals surface area contributed by atoms with E-state index in [9.17, 15) is 15.0 Å². The molecule has 1 heterocycles. The van der Waals surface area contributed by atoms with E-state index in [1.54, 1.807) is 12.1 Å². The molecule has 32 heavy (non-hydrogen) atoms. The second-order valence-corrected chi connectivity index (χ2v) is 8.18. The molecule has 3 aromatic carbocycles. The maximum atomic E-state index is 11.3. The van der Waals surface area contributed by atoms with Crippen LogP contribution in [-0.2, 0) is 17.6 Å². The topological polar surface area (TPSA) is 136 Å². The van der Waals surface area contributed by atoms with Crippen LogP contribution < -0.4 is 11.5 Å². The SMILES string of the molecule is Nc1cc(Cc2c(C[C@H](N)C(=O)O)cc(Cl)c(O)c2Cl)c2oc(-c3ccccc3)nc2c1. The number of anilines is 1. The summed E-state index contributed by atoms with van der Waals surface area (Å²) >= 11 is 12.5. The predicted octanol–water partition coefficient (Wildman–Crippen LogP) is 4.63. The van der Waals surface area contributed by atoms with E-state index in [1.807, 2.05) is 30.3 Å². The Kier molecular flexibility index (Phi) is 5.97. The predicted molar refractivity (Wildman–Crippen MR) is 124 cm³/mol. The van der Waals surface area contributed by atoms with Crippen molar-refractivity contribution in [2.24, 2.45) is 5.73 Å². The smallest absolute Gasteiger partial charge is 0.320 e. The number of oxazole rings is 1. The van der Waals surface area contributed by atoms with Crippen molar-refractivity contribution in [3.63, 3.8) is 0 Å². The molecule has 1 atom stereocenters. The molecule has 0 aliphatic carbocycles. The molecule has 0 radical (unpaired) electrons. The monoisotopic (exact) mass is 471 g/mol. The molecule has 0 fully saturated rings. The molecule has 7 nitrogen and oxygen atoms in total. The molecule has 0 saturated heterocycles. The van der Waals surface area contributed by atoms with Crippen LogP contribution in [0.25, 0.3) is 22.6 Å². The van der Waals surface area contributed by atoms with E-state index in [0.29, 0.717) is 39.4 Å². The quantitative estimate of drug-likeness (QED) is 0.300. The Balaban J connectivity index is 1.83. The van der Waals surface area contributed by atoms with Gasteiger partial charge in [-0.15, -0.1) is 0 Å². The van der Waals surface area contributed by atoms with Gasteiger partial charge in [0.2, 0.25) is 5.89 Å². The highest BCUT2D eigenvalue weighted by Gasteiger charge is 2.22. The second-order valence-electron chi connectivity index (χ2n) is 7.40. The highest BCUT2D eigenvalue weighted by atomic mass is 35.5. The van der Waals surface area contributed by atoms with Crippen LogP contribution >= 0.6 is 23.2 Å². The van der Waals surface area contributed by atoms with Gasteiger partial charge in [-0.3, -0.25) is 4.79 Å². The summed E-state index contributed by atoms with van der Waals surface area (Å²) in [5.74, 6) is -1.02. The molecular formula is C23H19Cl2N3O4. The van der Waals surface area contributed by atoms with Crippen molar-refractivity contribution in [3.8, 4) is 17.2 Å². The van der Waals surface area contributed by atoms with Crippen LogP contribution in [0.1, 0.15) is 16.7 Å². The number of nitrogen functional groups attached to an aromatic ring is 1. The summed E-state index contributed by atoms with van der Waals surface area (Å²) in [7, 11) is 0. The normalized spacial score (nSPS) is 12.2. The van der Waals surface area contributed by atoms with E-state index in [4.69, 9.17) is 39.1 Å². The van der Waals surface area contributed by atoms with Gasteiger partial charge in [-0.25, -0.2) is 4.98 Å². The number of carbonyl (C=O) groups is 1. The van der Waals surface area contributed by atoms with Gasteiger partial charge in [-0.1, -0.05) is 41.4 Å². The summed E-state index contributed by atoms with van der Waals surface area (Å²) < 4.78 is 6.05. The van der Waals surface area contributed by atoms with Crippen molar-refractivity contribution in [2.45, 2.75) is 18.9 Å². The highest BCUT2D eigenvalue weighted by Crippen LogP contribution is 2.39. The van der Waals surface area contributed by atoms with Crippen LogP contribution in [0.4, 0.5) is 5.69 Å². The van der Waals surface area contributed by atoms with Crippen LogP contribution in [-0.4, -0.2) is 27.2 Å². The number of fused-ring (bicyclic) bond motifs is 1. The van der Waals surface area contributed by atoms with Gasteiger partial charge in [0.1, 0.15) is 11.6 Å². The number of aromatic hydroxyl groups is 1. The number of aliphatic carboxylic acids is 1. The largest absolute Gasteiger partial charge is 0.505 e. The summed E-state index contributed by atoms with van der Waals surface area (Å²) in [5.41, 5.74) is 15.8. The number of benzene rings is 3. The zero-order chi connectivity index (χ0) is 23.0. The molecule has 0 unspecified atom stereocenters. The van der Waals surface area contributed by atoms with Crippen molar-refractivity contribution in [2.75, 3.05) is 5.73 Å². The Labute approximate surface area is 193 Å². The fourth-order valence-corrected chi connectivity index (χ4v) is 4.11. The van der Waals surface area contributed by atoms with Gasteiger partial charge in [0, 0.05) is 23.2 Å². The number of hydrogen-bond donors (Lipinski definition) is 4. The molecule has 1 aromatic heterocycles. The first-order valence-corrected chi connectivity index (χ1v) is 10.4. The lowest BCUT2D eigenvalue weighted by atomic mass is 9.94. The summed E-state index contributed by atoms with van der Waals surface area (Å²) in [6.45, 7) is 0. The fourth-order valence-electron chi connectivity index (χ4n) is 3.55. The minimum absolute atomic E-state index is 0.00934. The summed E-state index contributed by atoms with van der Waals surface area (Å²) in [6.07, 6.45) is 0.164. The minimum atomic E-state index is -1.17. The van der Waals surface area contributed by atoms with E-state index < -0.39 is 12.0 Å². The molecular weight excluding hydrogens is 453 g/mol. The maximum Gasteiger partial charge on any atom is 0.320 e. The molecule has 6 N–H and O–H groups in total. The molecule has 9 heteroatoms. The van der Waals surface area contributed by atoms with Crippen LogP contribution in [0.15, 0.2) is 52.9 Å². The fraction of sp³-hybridized carbons (Fsp3) is 0.130. The van der Waals surface area contributed by atoms with Gasteiger partial charge in [0.05, 0.1) is 10.0 Å². The first-order valence-electron chi connectivity index (χ1n) is 9.66. The molecule has 0 aliphatic heterocycles. The molecule has 0 spiro atoms. The van der Waals surface area contributed by atoms with Gasteiger partial charge < -0.3 is 26.1 Å². The zero-order valence-corrected chi connectivity index (χ0v) is 18.2. The average Bonchev–Trinajstić information content (AvgIpc) is 3.19. The van der Waals surface area contributed by atoms with Gasteiger partial charge in [-0.05, 0) is 47.9 Å². The number of nitrogens with two attached hydrogens (primary N) is 2. The first-order chi connectivity index (χ1) is 15.2. The molecule has 0 amide bonds. The van der Waals surface area contributed by atoms with Gasteiger partial charge in [0.15, 0.2) is 11.3 Å². The second kappa shape index (κ2) is 8.70. The number of carboxylic acid groups (broad SMARTS) is 1. The number of nitrogens with zero attached hydrogens (tertiary/aromatic N) is 1. The summed E-state index contributed by atoms with van der Waals surface area (Å²) in [4.78, 5) is 15.8. The summed E-state index contributed by atoms with van der Waals surface area (Å²) in [5, 5.41) is 19.5. The number of carboxylic acids is 1. The van der Waals surface area contributed by atoms with E-state index in [1.165, 1.54) is 6.07 Å². The Bertz CT molecular complexity index is 1320. The number of halogens is 2. The Hall–Kier alpha value is -3.26. The highest BCUT2D eigenvalue weighted by molar-refractivity contribution is 6.37. The standard InChI is InChI=1S/C23H19Cl2N3O4/c24-16-8-12(9-17(27)23(30)31)15(19(25)20(16)29)7-13-6-14(26)10-18-21(13)32-22(28-18)11-4-2-1-3-5-11/h1-6,8,10,17,29H,7,9,26-27H2,(H,30,31)/t17-/m0/s1. The third-order valence-corrected chi connectivity index (χ3v) is 5.82. The van der Waals surface area contributed by atoms with Crippen molar-refractivity contribution < 1.29 is 19.4 Å². The van der Waals surface area contributed by atoms with E-state index in [-0.39, 0.29) is 28.6 Å². The lowest BCUT2D eigenvalue weighted by Crippen LogP contribution is -2.32. The Morgan fingerprint density at radius 2 is 1.84 bits per heavy atom. The number of phenolic OH excluding ortho intramolecular Hbond substituents is 1. The molecule has 164 valence electrons. The van der Waals surface area contributed by atoms with Crippen molar-refractivity contribution in [1.29, 1.82) is 0 Å². The van der Waals surface area contributed by atoms with E-state index >= 15 is 0 Å². The molecule has 0 bridgehead atoms. The lowest BCUT2D eigenvalue weighted by molar-refractivity contribution is -0.138. The number of hydrogen-bond acceptors (Lipinski definition) is 6. The maximum absolute atomic E-state index is 11.3. The lowest BCUT2D eigenvalue weighted by Gasteiger charge is -2.16. The number of rotatable bonds is 6. The van der Waals surface area contributed by atoms with Crippen molar-refractivity contribution >= 4 is 46.0 Å². The molecule has 0 saturated carbocycles. The Morgan fingerprint density at radius 1 is 1.12 bits per heavy atom. The Morgan fingerprint density at radius 3 is 2.53 bits per heavy atom. The van der Waals surface area contributed by atoms with Gasteiger partial charge in [0.25, 0.3) is 0 Å². The van der Waals surface area contributed by atoms with Crippen LogP contribution in [0, 0.1) is 0 Å². The molecule has 4 aromatic rings. The molecule has 4 rings (SSSR count). The van der Waals surface area contributed by atoms with Crippen molar-refractivity contribution in [3.05, 3.63) is 75.3 Å². The van der Waals surface area contributed by atoms with Gasteiger partial charge in [-0.2, -0.15) is 0 Å². The van der Waals surface area contributed by atoms with E-state index in [2.05, 4.69) is 4.98 Å². The molecule has 0 aliphatic rings. The average molecular weight is 472 g/mol. The van der Waals surface area contributed by atoms with Crippen LogP contribution in [0.2, 0.25) is 10.0 Å². The third kappa shape index (κ3) is 4.23. The number of phenols is 1. The first kappa shape index (κ1) is 22.0. The van der Waals surface area contributed by atoms with Crippen LogP contribution in [0.3, 0.4) is 0 Å². The van der Waals surface area contributed by atoms with Crippen molar-refractivity contribution in [1.82, 2.24) is 4.98 Å². The van der Waals surface area contributed by atoms with E-state index in [0.717, 1.165) is 5.56 Å². The third-order valence-electron chi connectivity index (χ3n) is 5.12. The van der Waals surface area contributed by atoms with Crippen LogP contribution in [0.5, 0.6) is 5.75 Å². The van der Waals surface area contributed by atoms with Gasteiger partial charge >= 0.3 is 5.97 Å². The summed E-state index contributed by atoms with van der Waals surface area (Å²) in [6, 6.07) is 13.2. The minimum Gasteiger partial charge on any atom is -0.505 e. The number of aromatic nitrogens is 1. The zero-order valence-electron chi connectivity index (χ0n) is 16.7.